The molecule has 0 fully saturated rings. The summed E-state index contributed by atoms with van der Waals surface area (Å²) in [6, 6.07) is 8.02. The average molecular weight is 422 g/mol. The van der Waals surface area contributed by atoms with Crippen molar-refractivity contribution in [2.24, 2.45) is 5.92 Å². The van der Waals surface area contributed by atoms with Gasteiger partial charge in [-0.2, -0.15) is 0 Å². The maximum absolute atomic E-state index is 12.2. The second-order valence-corrected chi connectivity index (χ2v) is 8.56. The maximum atomic E-state index is 12.2. The number of likely N-dealkylation sites (N-methyl/N-ethyl adjacent to an activating group) is 1. The summed E-state index contributed by atoms with van der Waals surface area (Å²) in [4.78, 5) is 31.3. The molecule has 1 aromatic heterocycles. The van der Waals surface area contributed by atoms with Crippen LogP contribution >= 0.6 is 23.1 Å². The van der Waals surface area contributed by atoms with Gasteiger partial charge in [0.25, 0.3) is 5.91 Å². The van der Waals surface area contributed by atoms with Crippen LogP contribution in [0.1, 0.15) is 36.3 Å². The molecule has 0 aliphatic rings. The molecule has 0 unspecified atom stereocenters. The molecule has 0 radical (unpaired) electrons. The van der Waals surface area contributed by atoms with E-state index >= 15 is 0 Å². The van der Waals surface area contributed by atoms with E-state index in [0.29, 0.717) is 17.6 Å². The lowest BCUT2D eigenvalue weighted by molar-refractivity contribution is -0.133. The molecular weight excluding hydrogens is 394 g/mol. The normalized spacial score (nSPS) is 10.8. The third kappa shape index (κ3) is 7.16. The number of carbonyl (C=O) groups is 2. The van der Waals surface area contributed by atoms with Crippen LogP contribution in [0, 0.1) is 5.92 Å². The molecule has 0 saturated carbocycles. The zero-order valence-corrected chi connectivity index (χ0v) is 18.4. The number of benzene rings is 1. The Morgan fingerprint density at radius 3 is 2.64 bits per heavy atom. The van der Waals surface area contributed by atoms with Crippen LogP contribution in [0.4, 0.5) is 5.13 Å². The number of thioether (sulfide) groups is 1. The molecule has 2 aromatic rings. The fourth-order valence-corrected chi connectivity index (χ4v) is 3.44. The number of aromatic nitrogens is 1. The quantitative estimate of drug-likeness (QED) is 0.459. The van der Waals surface area contributed by atoms with Crippen molar-refractivity contribution in [2.75, 3.05) is 31.8 Å². The van der Waals surface area contributed by atoms with E-state index in [4.69, 9.17) is 4.74 Å². The standard InChI is InChI=1S/C20H27N3O3S2/c1-14(2)9-10-21-20-22-17(13-28-20)19(25)26-12-18(24)23(3)11-15-5-7-16(27-4)8-6-15/h5-8,13-14H,9-12H2,1-4H3,(H,21,22). The molecule has 0 atom stereocenters. The molecule has 2 rings (SSSR count). The first kappa shape index (κ1) is 22.2. The van der Waals surface area contributed by atoms with E-state index in [2.05, 4.69) is 24.1 Å². The van der Waals surface area contributed by atoms with Crippen molar-refractivity contribution in [3.8, 4) is 0 Å². The molecule has 1 heterocycles. The largest absolute Gasteiger partial charge is 0.451 e. The summed E-state index contributed by atoms with van der Waals surface area (Å²) >= 11 is 3.03. The smallest absolute Gasteiger partial charge is 0.358 e. The second-order valence-electron chi connectivity index (χ2n) is 6.82. The SMILES string of the molecule is CSc1ccc(CN(C)C(=O)COC(=O)c2csc(NCCC(C)C)n2)cc1. The summed E-state index contributed by atoms with van der Waals surface area (Å²) in [5.41, 5.74) is 1.25. The van der Waals surface area contributed by atoms with Crippen LogP contribution in [0.3, 0.4) is 0 Å². The van der Waals surface area contributed by atoms with Crippen LogP contribution in [0.25, 0.3) is 0 Å². The Labute approximate surface area is 174 Å². The highest BCUT2D eigenvalue weighted by Crippen LogP contribution is 2.17. The van der Waals surface area contributed by atoms with Gasteiger partial charge in [0.15, 0.2) is 17.4 Å². The molecule has 0 aliphatic carbocycles. The van der Waals surface area contributed by atoms with Crippen LogP contribution < -0.4 is 5.32 Å². The molecule has 6 nitrogen and oxygen atoms in total. The summed E-state index contributed by atoms with van der Waals surface area (Å²) in [5.74, 6) is -0.240. The minimum atomic E-state index is -0.584. The lowest BCUT2D eigenvalue weighted by atomic mass is 10.1. The van der Waals surface area contributed by atoms with Crippen LogP contribution in [0.15, 0.2) is 34.5 Å². The number of carbonyl (C=O) groups excluding carboxylic acids is 2. The molecule has 0 aliphatic heterocycles. The van der Waals surface area contributed by atoms with Gasteiger partial charge in [-0.15, -0.1) is 23.1 Å². The Morgan fingerprint density at radius 2 is 2.00 bits per heavy atom. The van der Waals surface area contributed by atoms with Crippen molar-refractivity contribution in [1.82, 2.24) is 9.88 Å². The Kier molecular flexibility index (Phi) is 8.79. The van der Waals surface area contributed by atoms with Crippen molar-refractivity contribution >= 4 is 40.1 Å². The topological polar surface area (TPSA) is 71.5 Å². The number of nitrogens with zero attached hydrogens (tertiary/aromatic N) is 2. The number of nitrogens with one attached hydrogen (secondary N) is 1. The van der Waals surface area contributed by atoms with E-state index in [0.717, 1.165) is 18.5 Å². The zero-order chi connectivity index (χ0) is 20.5. The Morgan fingerprint density at radius 1 is 1.29 bits per heavy atom. The van der Waals surface area contributed by atoms with E-state index in [-0.39, 0.29) is 18.2 Å². The maximum Gasteiger partial charge on any atom is 0.358 e. The molecular formula is C20H27N3O3S2. The fraction of sp³-hybridized carbons (Fsp3) is 0.450. The minimum absolute atomic E-state index is 0.222. The second kappa shape index (κ2) is 11.1. The van der Waals surface area contributed by atoms with Gasteiger partial charge in [0.05, 0.1) is 0 Å². The van der Waals surface area contributed by atoms with Crippen LogP contribution in [-0.4, -0.2) is 48.2 Å². The molecule has 152 valence electrons. The molecule has 1 aromatic carbocycles. The number of amides is 1. The van der Waals surface area contributed by atoms with Gasteiger partial charge in [-0.25, -0.2) is 9.78 Å². The highest BCUT2D eigenvalue weighted by atomic mass is 32.2. The van der Waals surface area contributed by atoms with Gasteiger partial charge in [-0.05, 0) is 36.3 Å². The van der Waals surface area contributed by atoms with Crippen molar-refractivity contribution < 1.29 is 14.3 Å². The lowest BCUT2D eigenvalue weighted by Gasteiger charge is -2.17. The fourth-order valence-electron chi connectivity index (χ4n) is 2.32. The number of rotatable bonds is 10. The van der Waals surface area contributed by atoms with Crippen molar-refractivity contribution in [3.63, 3.8) is 0 Å². The monoisotopic (exact) mass is 421 g/mol. The highest BCUT2D eigenvalue weighted by molar-refractivity contribution is 7.98. The van der Waals surface area contributed by atoms with Crippen LogP contribution in [0.2, 0.25) is 0 Å². The number of hydrogen-bond donors (Lipinski definition) is 1. The Hall–Kier alpha value is -2.06. The van der Waals surface area contributed by atoms with Crippen LogP contribution in [-0.2, 0) is 16.1 Å². The lowest BCUT2D eigenvalue weighted by Crippen LogP contribution is -2.30. The summed E-state index contributed by atoms with van der Waals surface area (Å²) < 4.78 is 5.12. The molecule has 0 spiro atoms. The summed E-state index contributed by atoms with van der Waals surface area (Å²) in [6.45, 7) is 5.28. The number of ether oxygens (including phenoxy) is 1. The molecule has 8 heteroatoms. The first-order valence-electron chi connectivity index (χ1n) is 9.12. The van der Waals surface area contributed by atoms with Crippen molar-refractivity contribution in [3.05, 3.63) is 40.9 Å². The number of anilines is 1. The summed E-state index contributed by atoms with van der Waals surface area (Å²) in [6.07, 6.45) is 3.05. The number of hydrogen-bond acceptors (Lipinski definition) is 7. The van der Waals surface area contributed by atoms with Gasteiger partial charge in [-0.3, -0.25) is 4.79 Å². The predicted octanol–water partition coefficient (Wildman–Crippen LogP) is 4.14. The van der Waals surface area contributed by atoms with E-state index in [1.54, 1.807) is 29.1 Å². The average Bonchev–Trinajstić information content (AvgIpc) is 3.15. The Bertz CT molecular complexity index is 775. The van der Waals surface area contributed by atoms with E-state index in [1.165, 1.54) is 16.2 Å². The van der Waals surface area contributed by atoms with E-state index < -0.39 is 5.97 Å². The third-order valence-electron chi connectivity index (χ3n) is 4.04. The Balaban J connectivity index is 1.77. The molecule has 0 bridgehead atoms. The molecule has 28 heavy (non-hydrogen) atoms. The van der Waals surface area contributed by atoms with E-state index in [9.17, 15) is 9.59 Å². The zero-order valence-electron chi connectivity index (χ0n) is 16.7. The first-order chi connectivity index (χ1) is 13.4. The van der Waals surface area contributed by atoms with Gasteiger partial charge >= 0.3 is 5.97 Å². The summed E-state index contributed by atoms with van der Waals surface area (Å²) in [7, 11) is 1.69. The molecule has 1 N–H and O–H groups in total. The molecule has 1 amide bonds. The highest BCUT2D eigenvalue weighted by Gasteiger charge is 2.16. The van der Waals surface area contributed by atoms with Crippen molar-refractivity contribution in [2.45, 2.75) is 31.7 Å². The first-order valence-corrected chi connectivity index (χ1v) is 11.2. The van der Waals surface area contributed by atoms with Gasteiger partial charge in [-0.1, -0.05) is 26.0 Å². The predicted molar refractivity (Wildman–Crippen MR) is 115 cm³/mol. The number of thiazole rings is 1. The van der Waals surface area contributed by atoms with Gasteiger partial charge in [0.1, 0.15) is 0 Å². The third-order valence-corrected chi connectivity index (χ3v) is 5.59. The number of esters is 1. The van der Waals surface area contributed by atoms with Gasteiger partial charge < -0.3 is 15.0 Å². The van der Waals surface area contributed by atoms with E-state index in [1.807, 2.05) is 30.5 Å². The minimum Gasteiger partial charge on any atom is -0.451 e. The van der Waals surface area contributed by atoms with Crippen LogP contribution in [0.5, 0.6) is 0 Å². The summed E-state index contributed by atoms with van der Waals surface area (Å²) in [5, 5.41) is 5.52. The van der Waals surface area contributed by atoms with Gasteiger partial charge in [0, 0.05) is 30.4 Å². The molecule has 0 saturated heterocycles. The van der Waals surface area contributed by atoms with Gasteiger partial charge in [0.2, 0.25) is 0 Å². The van der Waals surface area contributed by atoms with Crippen molar-refractivity contribution in [1.29, 1.82) is 0 Å².